The topological polar surface area (TPSA) is 93.4 Å². The van der Waals surface area contributed by atoms with Gasteiger partial charge in [0.25, 0.3) is 0 Å². The molecule has 8 nitrogen and oxygen atoms in total. The van der Waals surface area contributed by atoms with Crippen molar-refractivity contribution in [3.8, 4) is 11.3 Å². The quantitative estimate of drug-likeness (QED) is 0.0864. The van der Waals surface area contributed by atoms with Gasteiger partial charge >= 0.3 is 0 Å². The Bertz CT molecular complexity index is 2300. The molecule has 4 heterocycles. The zero-order valence-corrected chi connectivity index (χ0v) is 29.8. The monoisotopic (exact) mass is 716 g/mol. The standard InChI is InChI=1S/C43H37FN8S/c44-35-22-13-25-46-36(35)28-48-41-40-42(50-30-49-41)53-39(51-40)24-27-45-26-23-38-47-29-37(31-14-5-1-6-15-31)52(38)43(32-16-7-2-8-17-32,33-18-9-3-10-19-33)34-20-11-4-12-21-34/h1-22,25,29-30,45H,23-24,26-28H2,(H,48,49,50). The lowest BCUT2D eigenvalue weighted by atomic mass is 9.76. The van der Waals surface area contributed by atoms with E-state index in [0.29, 0.717) is 30.0 Å². The summed E-state index contributed by atoms with van der Waals surface area (Å²) in [4.78, 5) is 23.7. The average molecular weight is 717 g/mol. The minimum atomic E-state index is -0.698. The van der Waals surface area contributed by atoms with Crippen LogP contribution >= 0.6 is 11.3 Å². The van der Waals surface area contributed by atoms with Crippen molar-refractivity contribution in [1.82, 2.24) is 34.8 Å². The van der Waals surface area contributed by atoms with Gasteiger partial charge in [-0.3, -0.25) is 4.98 Å². The van der Waals surface area contributed by atoms with Crippen LogP contribution in [0, 0.1) is 5.82 Å². The van der Waals surface area contributed by atoms with Crippen LogP contribution in [0.15, 0.2) is 152 Å². The number of anilines is 1. The molecule has 4 aromatic carbocycles. The van der Waals surface area contributed by atoms with Crippen molar-refractivity contribution < 1.29 is 4.39 Å². The molecule has 0 saturated heterocycles. The lowest BCUT2D eigenvalue weighted by Crippen LogP contribution is -2.40. The van der Waals surface area contributed by atoms with Crippen LogP contribution < -0.4 is 10.6 Å². The minimum absolute atomic E-state index is 0.203. The molecule has 0 saturated carbocycles. The number of nitrogens with one attached hydrogen (secondary N) is 2. The second kappa shape index (κ2) is 15.6. The number of hydrogen-bond acceptors (Lipinski definition) is 8. The average Bonchev–Trinajstić information content (AvgIpc) is 3.84. The van der Waals surface area contributed by atoms with Gasteiger partial charge in [0.15, 0.2) is 5.82 Å². The van der Waals surface area contributed by atoms with Crippen molar-refractivity contribution in [3.05, 3.63) is 191 Å². The zero-order chi connectivity index (χ0) is 35.9. The number of imidazole rings is 1. The number of rotatable bonds is 14. The van der Waals surface area contributed by atoms with E-state index in [9.17, 15) is 4.39 Å². The molecule has 4 aromatic heterocycles. The fourth-order valence-corrected chi connectivity index (χ4v) is 7.85. The SMILES string of the molecule is Fc1cccnc1CNc1ncnc2sc(CCNCCc3ncc(-c4ccccc4)n3C(c3ccccc3)(c3ccccc3)c3ccccc3)nc12. The molecule has 0 aliphatic carbocycles. The van der Waals surface area contributed by atoms with E-state index in [4.69, 9.17) is 9.97 Å². The van der Waals surface area contributed by atoms with E-state index in [1.807, 2.05) is 12.3 Å². The Morgan fingerprint density at radius 1 is 0.660 bits per heavy atom. The third kappa shape index (κ3) is 6.94. The van der Waals surface area contributed by atoms with Crippen LogP contribution in [0.5, 0.6) is 0 Å². The normalized spacial score (nSPS) is 11.6. The van der Waals surface area contributed by atoms with Gasteiger partial charge in [-0.2, -0.15) is 0 Å². The Labute approximate surface area is 311 Å². The molecule has 0 radical (unpaired) electrons. The molecule has 8 aromatic rings. The van der Waals surface area contributed by atoms with Gasteiger partial charge in [0.1, 0.15) is 33.9 Å². The van der Waals surface area contributed by atoms with Crippen LogP contribution in [0.1, 0.15) is 33.2 Å². The number of pyridine rings is 1. The van der Waals surface area contributed by atoms with E-state index in [1.165, 1.54) is 12.4 Å². The number of thiazole rings is 1. The maximum absolute atomic E-state index is 14.2. The molecule has 53 heavy (non-hydrogen) atoms. The molecule has 8 rings (SSSR count). The number of nitrogens with zero attached hydrogens (tertiary/aromatic N) is 6. The van der Waals surface area contributed by atoms with Crippen LogP contribution in [0.4, 0.5) is 10.2 Å². The third-order valence-corrected chi connectivity index (χ3v) is 10.4. The molecule has 0 bridgehead atoms. The molecule has 262 valence electrons. The van der Waals surface area contributed by atoms with Crippen LogP contribution in [0.2, 0.25) is 0 Å². The third-order valence-electron chi connectivity index (χ3n) is 9.35. The first-order valence-corrected chi connectivity index (χ1v) is 18.5. The molecule has 10 heteroatoms. The molecule has 0 spiro atoms. The summed E-state index contributed by atoms with van der Waals surface area (Å²) in [6, 6.07) is 45.7. The molecular formula is C43H37FN8S. The summed E-state index contributed by atoms with van der Waals surface area (Å²) < 4.78 is 16.6. The smallest absolute Gasteiger partial charge is 0.157 e. The van der Waals surface area contributed by atoms with Gasteiger partial charge in [0, 0.05) is 32.1 Å². The van der Waals surface area contributed by atoms with Crippen molar-refractivity contribution >= 4 is 27.5 Å². The van der Waals surface area contributed by atoms with Gasteiger partial charge in [-0.25, -0.2) is 24.3 Å². The molecule has 0 fully saturated rings. The second-order valence-electron chi connectivity index (χ2n) is 12.6. The van der Waals surface area contributed by atoms with Gasteiger partial charge in [0.2, 0.25) is 0 Å². The highest BCUT2D eigenvalue weighted by molar-refractivity contribution is 7.18. The van der Waals surface area contributed by atoms with Crippen molar-refractivity contribution in [3.63, 3.8) is 0 Å². The number of benzene rings is 4. The number of hydrogen-bond donors (Lipinski definition) is 2. The van der Waals surface area contributed by atoms with Crippen LogP contribution in [0.3, 0.4) is 0 Å². The highest BCUT2D eigenvalue weighted by atomic mass is 32.1. The molecule has 2 N–H and O–H groups in total. The lowest BCUT2D eigenvalue weighted by molar-refractivity contribution is 0.492. The van der Waals surface area contributed by atoms with Crippen LogP contribution in [0.25, 0.3) is 21.6 Å². The Morgan fingerprint density at radius 3 is 1.92 bits per heavy atom. The summed E-state index contributed by atoms with van der Waals surface area (Å²) >= 11 is 1.54. The number of fused-ring (bicyclic) bond motifs is 1. The molecule has 0 aliphatic heterocycles. The maximum atomic E-state index is 14.2. The Balaban J connectivity index is 1.07. The van der Waals surface area contributed by atoms with E-state index in [0.717, 1.165) is 56.6 Å². The van der Waals surface area contributed by atoms with Gasteiger partial charge in [-0.05, 0) is 34.4 Å². The number of aromatic nitrogens is 6. The van der Waals surface area contributed by atoms with E-state index in [2.05, 4.69) is 145 Å². The predicted molar refractivity (Wildman–Crippen MR) is 209 cm³/mol. The Kier molecular flexibility index (Phi) is 10.0. The first-order valence-electron chi connectivity index (χ1n) is 17.7. The summed E-state index contributed by atoms with van der Waals surface area (Å²) in [5.74, 6) is 1.18. The van der Waals surface area contributed by atoms with E-state index < -0.39 is 5.54 Å². The summed E-state index contributed by atoms with van der Waals surface area (Å²) in [6.45, 7) is 1.64. The van der Waals surface area contributed by atoms with Crippen molar-refractivity contribution in [2.24, 2.45) is 0 Å². The number of halogens is 1. The molecular weight excluding hydrogens is 680 g/mol. The lowest BCUT2D eigenvalue weighted by Gasteiger charge is -2.40. The van der Waals surface area contributed by atoms with E-state index in [1.54, 1.807) is 23.6 Å². The highest BCUT2D eigenvalue weighted by Gasteiger charge is 2.41. The van der Waals surface area contributed by atoms with E-state index in [-0.39, 0.29) is 12.4 Å². The van der Waals surface area contributed by atoms with Gasteiger partial charge in [-0.15, -0.1) is 0 Å². The summed E-state index contributed by atoms with van der Waals surface area (Å²) in [7, 11) is 0. The first kappa shape index (κ1) is 34.0. The molecule has 0 atom stereocenters. The van der Waals surface area contributed by atoms with Gasteiger partial charge < -0.3 is 15.2 Å². The van der Waals surface area contributed by atoms with Crippen molar-refractivity contribution in [1.29, 1.82) is 0 Å². The van der Waals surface area contributed by atoms with Gasteiger partial charge in [0.05, 0.1) is 29.1 Å². The minimum Gasteiger partial charge on any atom is -0.362 e. The molecule has 0 amide bonds. The zero-order valence-electron chi connectivity index (χ0n) is 28.9. The first-order chi connectivity index (χ1) is 26.2. The maximum Gasteiger partial charge on any atom is 0.157 e. The van der Waals surface area contributed by atoms with Crippen molar-refractivity contribution in [2.45, 2.75) is 24.9 Å². The summed E-state index contributed by atoms with van der Waals surface area (Å²) in [6.07, 6.45) is 6.52. The summed E-state index contributed by atoms with van der Waals surface area (Å²) in [5, 5.41) is 7.79. The summed E-state index contributed by atoms with van der Waals surface area (Å²) in [5.41, 5.74) is 5.91. The van der Waals surface area contributed by atoms with E-state index >= 15 is 0 Å². The van der Waals surface area contributed by atoms with Crippen LogP contribution in [-0.4, -0.2) is 42.6 Å². The van der Waals surface area contributed by atoms with Crippen molar-refractivity contribution in [2.75, 3.05) is 18.4 Å². The fraction of sp³-hybridized carbons (Fsp3) is 0.140. The molecule has 0 aliphatic rings. The van der Waals surface area contributed by atoms with Gasteiger partial charge in [-0.1, -0.05) is 133 Å². The Morgan fingerprint density at radius 2 is 1.28 bits per heavy atom. The second-order valence-corrected chi connectivity index (χ2v) is 13.7. The fourth-order valence-electron chi connectivity index (χ4n) is 6.95. The Hall–Kier alpha value is -6.10. The highest BCUT2D eigenvalue weighted by Crippen LogP contribution is 2.44. The largest absolute Gasteiger partial charge is 0.362 e. The predicted octanol–water partition coefficient (Wildman–Crippen LogP) is 8.31. The molecule has 0 unspecified atom stereocenters. The van der Waals surface area contributed by atoms with Crippen LogP contribution in [-0.2, 0) is 24.9 Å².